The zero-order valence-electron chi connectivity index (χ0n) is 9.88. The van der Waals surface area contributed by atoms with Crippen molar-refractivity contribution in [3.63, 3.8) is 0 Å². The summed E-state index contributed by atoms with van der Waals surface area (Å²) in [5.74, 6) is -0.238. The lowest BCUT2D eigenvalue weighted by Gasteiger charge is -2.27. The number of carboxylic acids is 1. The predicted molar refractivity (Wildman–Crippen MR) is 63.3 cm³/mol. The van der Waals surface area contributed by atoms with Crippen LogP contribution < -0.4 is 5.73 Å². The Morgan fingerprint density at radius 2 is 2.06 bits per heavy atom. The van der Waals surface area contributed by atoms with Crippen LogP contribution in [0.4, 0.5) is 0 Å². The molecule has 0 spiro atoms. The molecule has 3 unspecified atom stereocenters. The van der Waals surface area contributed by atoms with Crippen LogP contribution in [0.1, 0.15) is 25.7 Å². The Bertz CT molecular complexity index is 330. The fourth-order valence-corrected chi connectivity index (χ4v) is 3.25. The van der Waals surface area contributed by atoms with Crippen molar-refractivity contribution >= 4 is 5.97 Å². The van der Waals surface area contributed by atoms with Gasteiger partial charge in [-0.05, 0) is 30.8 Å². The summed E-state index contributed by atoms with van der Waals surface area (Å²) >= 11 is 0. The van der Waals surface area contributed by atoms with Crippen LogP contribution in [0.5, 0.6) is 0 Å². The molecule has 5 nitrogen and oxygen atoms in total. The van der Waals surface area contributed by atoms with Gasteiger partial charge in [0.2, 0.25) is 0 Å². The number of aliphatic hydroxyl groups is 1. The summed E-state index contributed by atoms with van der Waals surface area (Å²) in [6.45, 7) is 0.869. The van der Waals surface area contributed by atoms with Crippen molar-refractivity contribution in [1.82, 2.24) is 4.90 Å². The van der Waals surface area contributed by atoms with Crippen LogP contribution in [-0.2, 0) is 4.79 Å². The van der Waals surface area contributed by atoms with Crippen molar-refractivity contribution in [3.8, 4) is 0 Å². The average molecular weight is 240 g/mol. The Hall–Kier alpha value is -1.23. The normalized spacial score (nSPS) is 33.6. The molecule has 1 aliphatic carbocycles. The molecule has 1 saturated heterocycles. The number of aliphatic hydroxyl groups excluding tert-OH is 1. The molecule has 0 aromatic carbocycles. The van der Waals surface area contributed by atoms with Gasteiger partial charge in [-0.25, -0.2) is 4.79 Å². The summed E-state index contributed by atoms with van der Waals surface area (Å²) in [4.78, 5) is 13.0. The fraction of sp³-hybridized carbons (Fsp3) is 0.750. The van der Waals surface area contributed by atoms with Gasteiger partial charge < -0.3 is 20.8 Å². The van der Waals surface area contributed by atoms with Gasteiger partial charge in [-0.1, -0.05) is 12.8 Å². The molecule has 1 aliphatic heterocycles. The molecule has 0 aromatic heterocycles. The predicted octanol–water partition coefficient (Wildman–Crippen LogP) is 0.920. The van der Waals surface area contributed by atoms with E-state index in [1.54, 1.807) is 4.90 Å². The quantitative estimate of drug-likeness (QED) is 0.638. The third-order valence-electron chi connectivity index (χ3n) is 3.99. The average Bonchev–Trinajstić information content (AvgIpc) is 2.68. The minimum atomic E-state index is -0.837. The SMILES string of the molecule is NC/C=C(\O)N1CC2CCCCC2C1C(=O)O. The Balaban J connectivity index is 2.20. The molecular weight excluding hydrogens is 220 g/mol. The van der Waals surface area contributed by atoms with Crippen LogP contribution in [0.3, 0.4) is 0 Å². The van der Waals surface area contributed by atoms with Crippen molar-refractivity contribution in [2.24, 2.45) is 17.6 Å². The highest BCUT2D eigenvalue weighted by Gasteiger charge is 2.47. The lowest BCUT2D eigenvalue weighted by molar-refractivity contribution is -0.143. The summed E-state index contributed by atoms with van der Waals surface area (Å²) in [6, 6.07) is -0.580. The molecule has 2 rings (SSSR count). The smallest absolute Gasteiger partial charge is 0.326 e. The highest BCUT2D eigenvalue weighted by atomic mass is 16.4. The van der Waals surface area contributed by atoms with Crippen molar-refractivity contribution in [3.05, 3.63) is 12.0 Å². The van der Waals surface area contributed by atoms with Gasteiger partial charge in [-0.3, -0.25) is 0 Å². The Labute approximate surface area is 101 Å². The van der Waals surface area contributed by atoms with E-state index in [2.05, 4.69) is 0 Å². The van der Waals surface area contributed by atoms with Gasteiger partial charge in [0.1, 0.15) is 6.04 Å². The summed E-state index contributed by atoms with van der Waals surface area (Å²) in [7, 11) is 0. The van der Waals surface area contributed by atoms with Crippen molar-refractivity contribution < 1.29 is 15.0 Å². The lowest BCUT2D eigenvalue weighted by atomic mass is 9.78. The van der Waals surface area contributed by atoms with E-state index in [4.69, 9.17) is 5.73 Å². The highest BCUT2D eigenvalue weighted by Crippen LogP contribution is 2.41. The molecule has 17 heavy (non-hydrogen) atoms. The standard InChI is InChI=1S/C12H20N2O3/c13-6-5-10(15)14-7-8-3-1-2-4-9(8)11(14)12(16)17/h5,8-9,11,15H,1-4,6-7,13H2,(H,16,17)/b10-5-. The van der Waals surface area contributed by atoms with Crippen LogP contribution in [0.2, 0.25) is 0 Å². The number of hydrogen-bond donors (Lipinski definition) is 3. The van der Waals surface area contributed by atoms with E-state index in [1.807, 2.05) is 0 Å². The molecule has 0 radical (unpaired) electrons. The molecule has 3 atom stereocenters. The first-order valence-corrected chi connectivity index (χ1v) is 6.23. The summed E-state index contributed by atoms with van der Waals surface area (Å²) < 4.78 is 0. The second-order valence-corrected chi connectivity index (χ2v) is 4.94. The van der Waals surface area contributed by atoms with Crippen LogP contribution in [0.25, 0.3) is 0 Å². The van der Waals surface area contributed by atoms with Crippen LogP contribution in [0, 0.1) is 11.8 Å². The molecule has 0 amide bonds. The number of hydrogen-bond acceptors (Lipinski definition) is 4. The molecule has 1 saturated carbocycles. The van der Waals surface area contributed by atoms with Crippen molar-refractivity contribution in [2.75, 3.05) is 13.1 Å². The van der Waals surface area contributed by atoms with Gasteiger partial charge in [0, 0.05) is 13.1 Å². The van der Waals surface area contributed by atoms with Crippen molar-refractivity contribution in [1.29, 1.82) is 0 Å². The number of nitrogens with two attached hydrogens (primary N) is 1. The minimum Gasteiger partial charge on any atom is -0.495 e. The van der Waals surface area contributed by atoms with Gasteiger partial charge >= 0.3 is 5.97 Å². The van der Waals surface area contributed by atoms with E-state index >= 15 is 0 Å². The maximum Gasteiger partial charge on any atom is 0.326 e. The first-order valence-electron chi connectivity index (χ1n) is 6.23. The van der Waals surface area contributed by atoms with Crippen molar-refractivity contribution in [2.45, 2.75) is 31.7 Å². The largest absolute Gasteiger partial charge is 0.495 e. The summed E-state index contributed by atoms with van der Waals surface area (Å²) in [6.07, 6.45) is 5.77. The van der Waals surface area contributed by atoms with E-state index in [0.29, 0.717) is 12.5 Å². The molecule has 4 N–H and O–H groups in total. The zero-order chi connectivity index (χ0) is 12.4. The number of aliphatic carboxylic acids is 1. The highest BCUT2D eigenvalue weighted by molar-refractivity contribution is 5.74. The third kappa shape index (κ3) is 2.24. The van der Waals surface area contributed by atoms with Gasteiger partial charge in [0.05, 0.1) is 0 Å². The molecule has 1 heterocycles. The number of likely N-dealkylation sites (tertiary alicyclic amines) is 1. The number of rotatable bonds is 3. The number of carboxylic acid groups (broad SMARTS) is 1. The first kappa shape index (κ1) is 12.2. The van der Waals surface area contributed by atoms with Gasteiger partial charge in [-0.2, -0.15) is 0 Å². The van der Waals surface area contributed by atoms with Crippen LogP contribution >= 0.6 is 0 Å². The molecule has 2 fully saturated rings. The first-order chi connectivity index (χ1) is 8.15. The molecular formula is C12H20N2O3. The molecule has 0 aromatic rings. The van der Waals surface area contributed by atoms with Crippen LogP contribution in [0.15, 0.2) is 12.0 Å². The van der Waals surface area contributed by atoms with E-state index in [0.717, 1.165) is 19.3 Å². The topological polar surface area (TPSA) is 86.8 Å². The lowest BCUT2D eigenvalue weighted by Crippen LogP contribution is -2.39. The van der Waals surface area contributed by atoms with E-state index < -0.39 is 12.0 Å². The van der Waals surface area contributed by atoms with Crippen LogP contribution in [-0.4, -0.2) is 40.2 Å². The molecule has 2 aliphatic rings. The minimum absolute atomic E-state index is 0.0225. The number of carbonyl (C=O) groups is 1. The number of fused-ring (bicyclic) bond motifs is 1. The summed E-state index contributed by atoms with van der Waals surface area (Å²) in [5, 5.41) is 19.2. The monoisotopic (exact) mass is 240 g/mol. The molecule has 96 valence electrons. The Kier molecular flexibility index (Phi) is 3.57. The molecule has 0 bridgehead atoms. The van der Waals surface area contributed by atoms with E-state index in [-0.39, 0.29) is 18.3 Å². The second kappa shape index (κ2) is 4.96. The maximum absolute atomic E-state index is 11.4. The zero-order valence-corrected chi connectivity index (χ0v) is 9.88. The van der Waals surface area contributed by atoms with E-state index in [1.165, 1.54) is 12.5 Å². The second-order valence-electron chi connectivity index (χ2n) is 4.94. The maximum atomic E-state index is 11.4. The summed E-state index contributed by atoms with van der Waals surface area (Å²) in [5.41, 5.74) is 5.35. The molecule has 5 heteroatoms. The van der Waals surface area contributed by atoms with Gasteiger partial charge in [-0.15, -0.1) is 0 Å². The fourth-order valence-electron chi connectivity index (χ4n) is 3.25. The number of nitrogens with zero attached hydrogens (tertiary/aromatic N) is 1. The van der Waals surface area contributed by atoms with Gasteiger partial charge in [0.25, 0.3) is 0 Å². The van der Waals surface area contributed by atoms with Gasteiger partial charge in [0.15, 0.2) is 5.88 Å². The third-order valence-corrected chi connectivity index (χ3v) is 3.99. The van der Waals surface area contributed by atoms with E-state index in [9.17, 15) is 15.0 Å². The Morgan fingerprint density at radius 1 is 1.35 bits per heavy atom. The Morgan fingerprint density at radius 3 is 2.71 bits per heavy atom.